The predicted octanol–water partition coefficient (Wildman–Crippen LogP) is -0.847. The number of rotatable bonds is 7. The first kappa shape index (κ1) is 25.0. The third kappa shape index (κ3) is 3.93. The summed E-state index contributed by atoms with van der Waals surface area (Å²) in [7, 11) is -4.14. The Bertz CT molecular complexity index is 1200. The summed E-state index contributed by atoms with van der Waals surface area (Å²) in [5.74, 6) is -5.06. The van der Waals surface area contributed by atoms with Crippen molar-refractivity contribution >= 4 is 39.7 Å². The molecule has 14 heteroatoms. The minimum atomic E-state index is -4.14. The van der Waals surface area contributed by atoms with Gasteiger partial charge in [0.2, 0.25) is 5.91 Å². The maximum Gasteiger partial charge on any atom is 0.328 e. The van der Waals surface area contributed by atoms with Crippen LogP contribution in [0.3, 0.4) is 0 Å². The predicted molar refractivity (Wildman–Crippen MR) is 116 cm³/mol. The lowest BCUT2D eigenvalue weighted by atomic mass is 9.97. The standard InChI is InChI=1S/C20H24N4O9S/c1-9(2)15(22-17(28)10-4-5-11(25)12(26)6-10)18(29)23-21-8-20(3)16(19(30)31)24-13(27)7-14(24)34(20,32)33/h4-6,8-9,14-16,25-26H,7H2,1-3H3,(H,22,28)(H,23,29)(H,30,31)/b21-8+/t14-,15?,16+,20+/m1/s1. The summed E-state index contributed by atoms with van der Waals surface area (Å²) in [6.07, 6.45) is 0.456. The van der Waals surface area contributed by atoms with Crippen molar-refractivity contribution in [3.63, 3.8) is 0 Å². The van der Waals surface area contributed by atoms with Gasteiger partial charge in [0, 0.05) is 11.8 Å². The molecule has 2 saturated heterocycles. The normalized spacial score (nSPS) is 26.1. The van der Waals surface area contributed by atoms with E-state index in [1.54, 1.807) is 13.8 Å². The number of benzene rings is 1. The third-order valence-corrected chi connectivity index (χ3v) is 8.61. The van der Waals surface area contributed by atoms with Crippen LogP contribution in [-0.4, -0.2) is 80.7 Å². The van der Waals surface area contributed by atoms with Gasteiger partial charge in [0.05, 0.1) is 6.42 Å². The molecule has 1 unspecified atom stereocenters. The van der Waals surface area contributed by atoms with E-state index in [0.29, 0.717) is 0 Å². The molecule has 0 bridgehead atoms. The zero-order chi connectivity index (χ0) is 25.6. The summed E-state index contributed by atoms with van der Waals surface area (Å²) < 4.78 is 23.6. The smallest absolute Gasteiger partial charge is 0.328 e. The lowest BCUT2D eigenvalue weighted by Gasteiger charge is -2.35. The van der Waals surface area contributed by atoms with Gasteiger partial charge in [0.15, 0.2) is 27.4 Å². The Labute approximate surface area is 194 Å². The second-order valence-electron chi connectivity index (χ2n) is 8.56. The fraction of sp³-hybridized carbons (Fsp3) is 0.450. The summed E-state index contributed by atoms with van der Waals surface area (Å²) in [5.41, 5.74) is 2.09. The molecule has 3 amide bonds. The number of hydrogen-bond donors (Lipinski definition) is 5. The van der Waals surface area contributed by atoms with Crippen molar-refractivity contribution in [2.24, 2.45) is 11.0 Å². The van der Waals surface area contributed by atoms with Crippen LogP contribution in [0.2, 0.25) is 0 Å². The lowest BCUT2D eigenvalue weighted by Crippen LogP contribution is -2.57. The van der Waals surface area contributed by atoms with Crippen molar-refractivity contribution < 1.29 is 42.9 Å². The van der Waals surface area contributed by atoms with Crippen LogP contribution in [0.25, 0.3) is 0 Å². The summed E-state index contributed by atoms with van der Waals surface area (Å²) in [5, 5.41) is 33.3. The average Bonchev–Trinajstić information content (AvgIpc) is 2.88. The zero-order valence-corrected chi connectivity index (χ0v) is 19.2. The Hall–Kier alpha value is -3.68. The molecule has 1 aromatic rings. The monoisotopic (exact) mass is 496 g/mol. The number of carboxylic acid groups (broad SMARTS) is 1. The highest BCUT2D eigenvalue weighted by Crippen LogP contribution is 2.45. The first-order chi connectivity index (χ1) is 15.7. The second-order valence-corrected chi connectivity index (χ2v) is 11.1. The zero-order valence-electron chi connectivity index (χ0n) is 18.4. The topological polar surface area (TPSA) is 203 Å². The van der Waals surface area contributed by atoms with E-state index >= 15 is 0 Å². The van der Waals surface area contributed by atoms with Crippen LogP contribution in [0.1, 0.15) is 37.6 Å². The molecule has 0 saturated carbocycles. The Morgan fingerprint density at radius 1 is 1.24 bits per heavy atom. The minimum Gasteiger partial charge on any atom is -0.504 e. The number of aliphatic carboxylic acids is 1. The van der Waals surface area contributed by atoms with Crippen molar-refractivity contribution in [2.75, 3.05) is 0 Å². The van der Waals surface area contributed by atoms with E-state index in [-0.39, 0.29) is 12.0 Å². The number of carboxylic acids is 1. The van der Waals surface area contributed by atoms with Crippen LogP contribution < -0.4 is 10.7 Å². The fourth-order valence-corrected chi connectivity index (χ4v) is 6.13. The highest BCUT2D eigenvalue weighted by Gasteiger charge is 2.69. The number of phenolic OH excluding ortho intramolecular Hbond substituents is 2. The summed E-state index contributed by atoms with van der Waals surface area (Å²) in [6, 6.07) is 0.521. The van der Waals surface area contributed by atoms with E-state index in [2.05, 4.69) is 15.8 Å². The summed E-state index contributed by atoms with van der Waals surface area (Å²) >= 11 is 0. The number of phenols is 2. The number of nitrogens with zero attached hydrogens (tertiary/aromatic N) is 2. The van der Waals surface area contributed by atoms with Crippen molar-refractivity contribution in [3.05, 3.63) is 23.8 Å². The van der Waals surface area contributed by atoms with Gasteiger partial charge in [0.25, 0.3) is 11.8 Å². The van der Waals surface area contributed by atoms with Crippen molar-refractivity contribution in [2.45, 2.75) is 49.4 Å². The molecule has 4 atom stereocenters. The molecular weight excluding hydrogens is 472 g/mol. The Kier molecular flexibility index (Phi) is 6.30. The molecule has 0 aromatic heterocycles. The van der Waals surface area contributed by atoms with Gasteiger partial charge in [-0.3, -0.25) is 14.4 Å². The van der Waals surface area contributed by atoms with E-state index < -0.39 is 73.1 Å². The number of carbonyl (C=O) groups excluding carboxylic acids is 3. The van der Waals surface area contributed by atoms with Crippen molar-refractivity contribution in [1.82, 2.24) is 15.6 Å². The maximum absolute atomic E-state index is 12.9. The first-order valence-corrected chi connectivity index (χ1v) is 11.7. The van der Waals surface area contributed by atoms with Crippen LogP contribution in [-0.2, 0) is 24.2 Å². The fourth-order valence-electron chi connectivity index (χ4n) is 3.92. The van der Waals surface area contributed by atoms with E-state index in [9.17, 15) is 42.9 Å². The molecule has 13 nitrogen and oxygen atoms in total. The van der Waals surface area contributed by atoms with E-state index in [1.165, 1.54) is 6.07 Å². The number of nitrogens with one attached hydrogen (secondary N) is 2. The highest BCUT2D eigenvalue weighted by atomic mass is 32.2. The van der Waals surface area contributed by atoms with Gasteiger partial charge in [-0.25, -0.2) is 18.6 Å². The molecular formula is C20H24N4O9S. The van der Waals surface area contributed by atoms with Crippen molar-refractivity contribution in [3.8, 4) is 11.5 Å². The molecule has 0 aliphatic carbocycles. The van der Waals surface area contributed by atoms with Gasteiger partial charge >= 0.3 is 5.97 Å². The molecule has 3 rings (SSSR count). The van der Waals surface area contributed by atoms with Crippen LogP contribution in [0.15, 0.2) is 23.3 Å². The number of hydrogen-bond acceptors (Lipinski definition) is 9. The van der Waals surface area contributed by atoms with Gasteiger partial charge in [-0.1, -0.05) is 13.8 Å². The van der Waals surface area contributed by atoms with Crippen LogP contribution >= 0.6 is 0 Å². The molecule has 0 radical (unpaired) electrons. The summed E-state index contributed by atoms with van der Waals surface area (Å²) in [4.78, 5) is 49.5. The molecule has 2 fully saturated rings. The van der Waals surface area contributed by atoms with E-state index in [4.69, 9.17) is 0 Å². The van der Waals surface area contributed by atoms with Crippen LogP contribution in [0, 0.1) is 5.92 Å². The number of β-lactam (4-membered cyclic amide) rings is 1. The molecule has 184 valence electrons. The molecule has 1 aromatic carbocycles. The van der Waals surface area contributed by atoms with Crippen LogP contribution in [0.5, 0.6) is 11.5 Å². The number of hydrazone groups is 1. The van der Waals surface area contributed by atoms with Gasteiger partial charge in [-0.2, -0.15) is 5.10 Å². The Morgan fingerprint density at radius 2 is 1.88 bits per heavy atom. The number of aromatic hydroxyl groups is 2. The maximum atomic E-state index is 12.9. The quantitative estimate of drug-likeness (QED) is 0.138. The number of sulfone groups is 1. The minimum absolute atomic E-state index is 0.0275. The van der Waals surface area contributed by atoms with Gasteiger partial charge in [0.1, 0.15) is 16.2 Å². The number of carbonyl (C=O) groups is 4. The Balaban J connectivity index is 1.77. The molecule has 0 spiro atoms. The third-order valence-electron chi connectivity index (χ3n) is 5.94. The van der Waals surface area contributed by atoms with Crippen LogP contribution in [0.4, 0.5) is 0 Å². The van der Waals surface area contributed by atoms with E-state index in [0.717, 1.165) is 30.2 Å². The lowest BCUT2D eigenvalue weighted by molar-refractivity contribution is -0.156. The van der Waals surface area contributed by atoms with Gasteiger partial charge < -0.3 is 25.5 Å². The number of amides is 3. The summed E-state index contributed by atoms with van der Waals surface area (Å²) in [6.45, 7) is 4.37. The molecule has 2 heterocycles. The molecule has 2 aliphatic rings. The Morgan fingerprint density at radius 3 is 2.41 bits per heavy atom. The highest BCUT2D eigenvalue weighted by molar-refractivity contribution is 7.94. The molecule has 5 N–H and O–H groups in total. The number of fused-ring (bicyclic) bond motifs is 1. The molecule has 34 heavy (non-hydrogen) atoms. The van der Waals surface area contributed by atoms with Gasteiger partial charge in [-0.15, -0.1) is 0 Å². The van der Waals surface area contributed by atoms with Gasteiger partial charge in [-0.05, 0) is 31.0 Å². The SMILES string of the molecule is CC(C)C(NC(=O)c1ccc(O)c(O)c1)C(=O)N/N=C/[C@@]1(C)[C@H](C(=O)O)N2C(=O)C[C@H]2S1(=O)=O. The first-order valence-electron chi connectivity index (χ1n) is 10.2. The largest absolute Gasteiger partial charge is 0.504 e. The average molecular weight is 496 g/mol. The molecule has 2 aliphatic heterocycles. The van der Waals surface area contributed by atoms with Crippen molar-refractivity contribution in [1.29, 1.82) is 0 Å². The second kappa shape index (κ2) is 8.59. The van der Waals surface area contributed by atoms with E-state index in [1.807, 2.05) is 0 Å².